The Labute approximate surface area is 151 Å². The van der Waals surface area contributed by atoms with E-state index in [-0.39, 0.29) is 5.97 Å². The van der Waals surface area contributed by atoms with E-state index in [1.807, 2.05) is 24.3 Å². The number of aliphatic imine (C=N–C) groups is 1. The number of carbonyl (C=O) groups is 1. The van der Waals surface area contributed by atoms with Crippen LogP contribution < -0.4 is 0 Å². The lowest BCUT2D eigenvalue weighted by atomic mass is 10.00. The molecule has 0 saturated heterocycles. The van der Waals surface area contributed by atoms with Crippen molar-refractivity contribution in [3.8, 4) is 0 Å². The zero-order valence-electron chi connectivity index (χ0n) is 12.1. The van der Waals surface area contributed by atoms with Gasteiger partial charge in [-0.05, 0) is 58.8 Å². The van der Waals surface area contributed by atoms with Gasteiger partial charge >= 0.3 is 5.97 Å². The maximum Gasteiger partial charge on any atom is 0.337 e. The average molecular weight is 470 g/mol. The third-order valence-corrected chi connectivity index (χ3v) is 5.59. The fourth-order valence-corrected chi connectivity index (χ4v) is 3.73. The van der Waals surface area contributed by atoms with Gasteiger partial charge in [-0.2, -0.15) is 0 Å². The number of rotatable bonds is 2. The summed E-state index contributed by atoms with van der Waals surface area (Å²) < 4.78 is 6.92. The monoisotopic (exact) mass is 469 g/mol. The zero-order chi connectivity index (χ0) is 15.9. The van der Waals surface area contributed by atoms with E-state index < -0.39 is 0 Å². The van der Waals surface area contributed by atoms with Crippen LogP contribution in [-0.4, -0.2) is 18.8 Å². The van der Waals surface area contributed by atoms with Crippen molar-refractivity contribution in [3.05, 3.63) is 60.6 Å². The highest BCUT2D eigenvalue weighted by Crippen LogP contribution is 2.35. The van der Waals surface area contributed by atoms with Gasteiger partial charge in [-0.1, -0.05) is 28.1 Å². The molecule has 0 N–H and O–H groups in total. The molecule has 0 spiro atoms. The molecule has 1 aliphatic heterocycles. The number of esters is 1. The molecule has 0 amide bonds. The molecule has 1 aliphatic rings. The van der Waals surface area contributed by atoms with E-state index >= 15 is 0 Å². The molecule has 0 bridgehead atoms. The summed E-state index contributed by atoms with van der Waals surface area (Å²) in [5.41, 5.74) is 5.93. The van der Waals surface area contributed by atoms with Gasteiger partial charge in [0.2, 0.25) is 0 Å². The summed E-state index contributed by atoms with van der Waals surface area (Å²) >= 11 is 5.82. The number of nitrogens with zero attached hydrogens (tertiary/aromatic N) is 1. The number of hydrogen-bond donors (Lipinski definition) is 0. The molecule has 0 saturated carbocycles. The number of fused-ring (bicyclic) bond motifs is 1. The third-order valence-electron chi connectivity index (χ3n) is 3.77. The lowest BCUT2D eigenvalue weighted by molar-refractivity contribution is 0.0600. The Bertz CT molecular complexity index is 815. The minimum Gasteiger partial charge on any atom is -0.465 e. The molecule has 22 heavy (non-hydrogen) atoms. The molecule has 0 unspecified atom stereocenters. The third kappa shape index (κ3) is 2.72. The number of halogens is 2. The molecular formula is C17H13BrINO2. The van der Waals surface area contributed by atoms with Crippen molar-refractivity contribution in [1.29, 1.82) is 0 Å². The van der Waals surface area contributed by atoms with E-state index in [2.05, 4.69) is 51.5 Å². The first kappa shape index (κ1) is 15.7. The van der Waals surface area contributed by atoms with Crippen molar-refractivity contribution in [1.82, 2.24) is 0 Å². The normalized spacial score (nSPS) is 12.8. The highest BCUT2D eigenvalue weighted by molar-refractivity contribution is 14.1. The summed E-state index contributed by atoms with van der Waals surface area (Å²) in [5.74, 6) is -0.331. The maximum absolute atomic E-state index is 11.7. The highest BCUT2D eigenvalue weighted by Gasteiger charge is 2.22. The Morgan fingerprint density at radius 2 is 2.14 bits per heavy atom. The quantitative estimate of drug-likeness (QED) is 0.467. The lowest BCUT2D eigenvalue weighted by Crippen LogP contribution is -2.05. The Morgan fingerprint density at radius 3 is 2.86 bits per heavy atom. The van der Waals surface area contributed by atoms with Gasteiger partial charge in [0.15, 0.2) is 0 Å². The molecule has 0 aromatic heterocycles. The summed E-state index contributed by atoms with van der Waals surface area (Å²) in [6.07, 6.45) is 0.784. The van der Waals surface area contributed by atoms with Gasteiger partial charge in [-0.3, -0.25) is 4.99 Å². The smallest absolute Gasteiger partial charge is 0.337 e. The number of methoxy groups -OCH3 is 1. The summed E-state index contributed by atoms with van der Waals surface area (Å²) in [6.45, 7) is 2.08. The Balaban J connectivity index is 2.06. The first-order valence-corrected chi connectivity index (χ1v) is 8.62. The van der Waals surface area contributed by atoms with Crippen molar-refractivity contribution in [2.75, 3.05) is 7.11 Å². The minimum atomic E-state index is -0.331. The molecule has 0 fully saturated rings. The van der Waals surface area contributed by atoms with Gasteiger partial charge in [0.1, 0.15) is 0 Å². The molecule has 2 aromatic rings. The van der Waals surface area contributed by atoms with Gasteiger partial charge in [0.05, 0.1) is 24.1 Å². The largest absolute Gasteiger partial charge is 0.465 e. The van der Waals surface area contributed by atoms with Crippen molar-refractivity contribution in [2.24, 2.45) is 4.99 Å². The molecule has 2 aromatic carbocycles. The molecule has 3 rings (SSSR count). The standard InChI is InChI=1S/C17H13BrINO2/c1-9-11(4-3-5-13(9)18)16-8-12-14(19)6-10(17(21)22-2)7-15(12)20-16/h3-7H,8H2,1-2H3. The van der Waals surface area contributed by atoms with Gasteiger partial charge in [-0.25, -0.2) is 4.79 Å². The van der Waals surface area contributed by atoms with E-state index in [4.69, 9.17) is 9.73 Å². The van der Waals surface area contributed by atoms with Crippen LogP contribution in [0.2, 0.25) is 0 Å². The SMILES string of the molecule is COC(=O)c1cc(I)c2c(c1)N=C(c1cccc(Br)c1C)C2. The first-order valence-electron chi connectivity index (χ1n) is 6.75. The molecular weight excluding hydrogens is 457 g/mol. The van der Waals surface area contributed by atoms with Crippen LogP contribution in [0.15, 0.2) is 39.8 Å². The lowest BCUT2D eigenvalue weighted by Gasteiger charge is -2.07. The summed E-state index contributed by atoms with van der Waals surface area (Å²) in [4.78, 5) is 16.5. The van der Waals surface area contributed by atoms with Crippen LogP contribution >= 0.6 is 38.5 Å². The maximum atomic E-state index is 11.7. The molecule has 0 aliphatic carbocycles. The van der Waals surface area contributed by atoms with E-state index in [0.717, 1.165) is 31.4 Å². The van der Waals surface area contributed by atoms with Gasteiger partial charge in [0, 0.05) is 20.0 Å². The van der Waals surface area contributed by atoms with Crippen molar-refractivity contribution < 1.29 is 9.53 Å². The van der Waals surface area contributed by atoms with Gasteiger partial charge in [-0.15, -0.1) is 0 Å². The number of carbonyl (C=O) groups excluding carboxylic acids is 1. The second kappa shape index (κ2) is 6.12. The predicted octanol–water partition coefficient (Wildman–Crippen LogP) is 4.83. The predicted molar refractivity (Wildman–Crippen MR) is 99.3 cm³/mol. The Hall–Kier alpha value is -1.21. The Kier molecular flexibility index (Phi) is 4.36. The molecule has 5 heteroatoms. The highest BCUT2D eigenvalue weighted by atomic mass is 127. The number of benzene rings is 2. The summed E-state index contributed by atoms with van der Waals surface area (Å²) in [5, 5.41) is 0. The number of ether oxygens (including phenoxy) is 1. The van der Waals surface area contributed by atoms with Crippen LogP contribution in [0, 0.1) is 10.5 Å². The van der Waals surface area contributed by atoms with Crippen LogP contribution in [0.4, 0.5) is 5.69 Å². The molecule has 112 valence electrons. The second-order valence-corrected chi connectivity index (χ2v) is 7.11. The topological polar surface area (TPSA) is 38.7 Å². The fraction of sp³-hybridized carbons (Fsp3) is 0.176. The average Bonchev–Trinajstić information content (AvgIpc) is 2.93. The zero-order valence-corrected chi connectivity index (χ0v) is 15.9. The van der Waals surface area contributed by atoms with Crippen molar-refractivity contribution >= 4 is 55.9 Å². The van der Waals surface area contributed by atoms with Crippen molar-refractivity contribution in [2.45, 2.75) is 13.3 Å². The van der Waals surface area contributed by atoms with Crippen LogP contribution in [0.1, 0.15) is 27.0 Å². The van der Waals surface area contributed by atoms with Gasteiger partial charge in [0.25, 0.3) is 0 Å². The van der Waals surface area contributed by atoms with Crippen LogP contribution in [0.5, 0.6) is 0 Å². The van der Waals surface area contributed by atoms with E-state index in [1.54, 1.807) is 0 Å². The van der Waals surface area contributed by atoms with Gasteiger partial charge < -0.3 is 4.74 Å². The molecule has 1 heterocycles. The Morgan fingerprint density at radius 1 is 1.36 bits per heavy atom. The fourth-order valence-electron chi connectivity index (χ4n) is 2.56. The molecule has 0 radical (unpaired) electrons. The van der Waals surface area contributed by atoms with E-state index in [0.29, 0.717) is 5.56 Å². The molecule has 3 nitrogen and oxygen atoms in total. The van der Waals surface area contributed by atoms with E-state index in [1.165, 1.54) is 18.2 Å². The minimum absolute atomic E-state index is 0.331. The number of hydrogen-bond acceptors (Lipinski definition) is 3. The van der Waals surface area contributed by atoms with Crippen molar-refractivity contribution in [3.63, 3.8) is 0 Å². The summed E-state index contributed by atoms with van der Waals surface area (Å²) in [7, 11) is 1.39. The second-order valence-electron chi connectivity index (χ2n) is 5.10. The molecule has 0 atom stereocenters. The van der Waals surface area contributed by atoms with Crippen LogP contribution in [-0.2, 0) is 11.2 Å². The van der Waals surface area contributed by atoms with Crippen LogP contribution in [0.25, 0.3) is 0 Å². The first-order chi connectivity index (χ1) is 10.5. The van der Waals surface area contributed by atoms with E-state index in [9.17, 15) is 4.79 Å². The van der Waals surface area contributed by atoms with Crippen LogP contribution in [0.3, 0.4) is 0 Å². The summed E-state index contributed by atoms with van der Waals surface area (Å²) in [6, 6.07) is 9.80.